The van der Waals surface area contributed by atoms with Gasteiger partial charge in [-0.05, 0) is 23.3 Å². The minimum Gasteiger partial charge on any atom is -0.322 e. The number of anilines is 1. The van der Waals surface area contributed by atoms with Gasteiger partial charge in [-0.15, -0.1) is 5.10 Å². The number of nitrogens with zero attached hydrogens (tertiary/aromatic N) is 4. The number of rotatable bonds is 5. The summed E-state index contributed by atoms with van der Waals surface area (Å²) in [5.41, 5.74) is 7.69. The molecule has 4 rings (SSSR count). The number of hydrogen-bond acceptors (Lipinski definition) is 5. The van der Waals surface area contributed by atoms with Crippen LogP contribution in [0.15, 0.2) is 89.7 Å². The molecule has 2 aromatic carbocycles. The molecule has 0 amide bonds. The molecule has 2 heterocycles. The van der Waals surface area contributed by atoms with Gasteiger partial charge in [-0.25, -0.2) is 5.01 Å². The molecule has 0 unspecified atom stereocenters. The first kappa shape index (κ1) is 17.7. The van der Waals surface area contributed by atoms with Crippen LogP contribution in [0, 0.1) is 0 Å². The van der Waals surface area contributed by atoms with Gasteiger partial charge in [0.25, 0.3) is 0 Å². The average molecular weight is 370 g/mol. The Morgan fingerprint density at radius 1 is 0.857 bits per heavy atom. The molecule has 1 aliphatic heterocycles. The molecule has 6 heteroatoms. The van der Waals surface area contributed by atoms with E-state index in [1.807, 2.05) is 53.5 Å². The lowest BCUT2D eigenvalue weighted by molar-refractivity contribution is 0.764. The highest BCUT2D eigenvalue weighted by molar-refractivity contribution is 5.86. The van der Waals surface area contributed by atoms with E-state index in [0.717, 1.165) is 24.2 Å². The van der Waals surface area contributed by atoms with Gasteiger partial charge in [0, 0.05) is 25.0 Å². The van der Waals surface area contributed by atoms with Crippen LogP contribution in [0.4, 0.5) is 5.82 Å². The maximum absolute atomic E-state index is 5.49. The first-order chi connectivity index (χ1) is 13.8. The van der Waals surface area contributed by atoms with Crippen molar-refractivity contribution >= 4 is 11.7 Å². The van der Waals surface area contributed by atoms with Crippen LogP contribution in [0.2, 0.25) is 0 Å². The molecule has 28 heavy (non-hydrogen) atoms. The number of hydrazine groups is 1. The molecule has 0 saturated heterocycles. The minimum absolute atomic E-state index is 0.661. The number of aromatic nitrogens is 2. The van der Waals surface area contributed by atoms with Gasteiger partial charge in [0.1, 0.15) is 5.84 Å². The predicted octanol–water partition coefficient (Wildman–Crippen LogP) is 3.18. The molecule has 0 fully saturated rings. The molecule has 3 N–H and O–H groups in total. The van der Waals surface area contributed by atoms with Crippen molar-refractivity contribution in [3.05, 3.63) is 101 Å². The second-order valence-electron chi connectivity index (χ2n) is 6.63. The summed E-state index contributed by atoms with van der Waals surface area (Å²) >= 11 is 0. The van der Waals surface area contributed by atoms with Crippen molar-refractivity contribution in [2.75, 3.05) is 5.01 Å². The second kappa shape index (κ2) is 8.35. The molecule has 0 saturated carbocycles. The number of hydrogen-bond donors (Lipinski definition) is 2. The van der Waals surface area contributed by atoms with E-state index < -0.39 is 0 Å². The van der Waals surface area contributed by atoms with Gasteiger partial charge < -0.3 is 5.84 Å². The molecule has 6 nitrogen and oxygen atoms in total. The fraction of sp³-hybridized carbons (Fsp3) is 0.136. The largest absolute Gasteiger partial charge is 0.322 e. The second-order valence-corrected chi connectivity index (χ2v) is 6.63. The SMILES string of the molecule is NN=C1CC=C(Cc2ccccc2)N(c2ccc(Cc3ccccc3)nn2)N1. The molecule has 140 valence electrons. The van der Waals surface area contributed by atoms with Crippen molar-refractivity contribution in [2.45, 2.75) is 19.3 Å². The van der Waals surface area contributed by atoms with Crippen LogP contribution < -0.4 is 16.3 Å². The molecule has 0 bridgehead atoms. The number of benzene rings is 2. The molecule has 0 radical (unpaired) electrons. The molecule has 1 aliphatic rings. The van der Waals surface area contributed by atoms with Crippen molar-refractivity contribution in [3.63, 3.8) is 0 Å². The number of hydrazone groups is 1. The van der Waals surface area contributed by atoms with Crippen LogP contribution in [0.1, 0.15) is 23.2 Å². The van der Waals surface area contributed by atoms with Gasteiger partial charge in [0.15, 0.2) is 5.82 Å². The van der Waals surface area contributed by atoms with Crippen LogP contribution in [0.3, 0.4) is 0 Å². The summed E-state index contributed by atoms with van der Waals surface area (Å²) in [6.07, 6.45) is 4.31. The predicted molar refractivity (Wildman–Crippen MR) is 111 cm³/mol. The Morgan fingerprint density at radius 3 is 2.14 bits per heavy atom. The quantitative estimate of drug-likeness (QED) is 0.533. The first-order valence-corrected chi connectivity index (χ1v) is 9.25. The molecule has 0 atom stereocenters. The molecule has 0 spiro atoms. The van der Waals surface area contributed by atoms with Crippen molar-refractivity contribution in [2.24, 2.45) is 10.9 Å². The van der Waals surface area contributed by atoms with E-state index in [-0.39, 0.29) is 0 Å². The average Bonchev–Trinajstić information content (AvgIpc) is 2.76. The maximum atomic E-state index is 5.49. The van der Waals surface area contributed by atoms with Crippen molar-refractivity contribution in [1.29, 1.82) is 0 Å². The Labute approximate surface area is 164 Å². The molecule has 1 aromatic heterocycles. The zero-order chi connectivity index (χ0) is 19.2. The summed E-state index contributed by atoms with van der Waals surface area (Å²) in [5, 5.41) is 14.6. The van der Waals surface area contributed by atoms with E-state index >= 15 is 0 Å². The lowest BCUT2D eigenvalue weighted by atomic mass is 10.1. The summed E-state index contributed by atoms with van der Waals surface area (Å²) in [6.45, 7) is 0. The first-order valence-electron chi connectivity index (χ1n) is 9.25. The van der Waals surface area contributed by atoms with Crippen molar-refractivity contribution < 1.29 is 0 Å². The van der Waals surface area contributed by atoms with Crippen LogP contribution >= 0.6 is 0 Å². The van der Waals surface area contributed by atoms with Gasteiger partial charge in [-0.1, -0.05) is 66.7 Å². The third-order valence-corrected chi connectivity index (χ3v) is 4.61. The summed E-state index contributed by atoms with van der Waals surface area (Å²) < 4.78 is 0. The van der Waals surface area contributed by atoms with Gasteiger partial charge in [-0.3, -0.25) is 5.43 Å². The Bertz CT molecular complexity index is 965. The summed E-state index contributed by atoms with van der Waals surface area (Å²) in [7, 11) is 0. The number of allylic oxidation sites excluding steroid dienone is 1. The van der Waals surface area contributed by atoms with Crippen LogP contribution in [-0.2, 0) is 12.8 Å². The lowest BCUT2D eigenvalue weighted by Crippen LogP contribution is -2.46. The molecular weight excluding hydrogens is 348 g/mol. The van der Waals surface area contributed by atoms with Gasteiger partial charge in [0.2, 0.25) is 0 Å². The summed E-state index contributed by atoms with van der Waals surface area (Å²) in [5.74, 6) is 6.88. The standard InChI is InChI=1S/C22H22N6/c23-24-21-13-12-20(16-18-9-5-2-6-10-18)28(27-21)22-14-11-19(25-26-22)15-17-7-3-1-4-8-17/h1-12,14H,13,15-16,23H2,(H,24,27). The van der Waals surface area contributed by atoms with Gasteiger partial charge in [-0.2, -0.15) is 10.2 Å². The van der Waals surface area contributed by atoms with E-state index in [1.165, 1.54) is 11.1 Å². The van der Waals surface area contributed by atoms with Gasteiger partial charge >= 0.3 is 0 Å². The normalized spacial score (nSPS) is 15.2. The number of nitrogens with two attached hydrogens (primary N) is 1. The van der Waals surface area contributed by atoms with Crippen LogP contribution in [0.5, 0.6) is 0 Å². The van der Waals surface area contributed by atoms with Crippen molar-refractivity contribution in [1.82, 2.24) is 15.6 Å². The van der Waals surface area contributed by atoms with E-state index in [2.05, 4.69) is 51.1 Å². The van der Waals surface area contributed by atoms with E-state index in [9.17, 15) is 0 Å². The molecule has 0 aliphatic carbocycles. The number of nitrogens with one attached hydrogen (secondary N) is 1. The highest BCUT2D eigenvalue weighted by atomic mass is 15.6. The van der Waals surface area contributed by atoms with Crippen LogP contribution in [-0.4, -0.2) is 16.0 Å². The highest BCUT2D eigenvalue weighted by Gasteiger charge is 2.20. The Hall–Kier alpha value is -3.67. The lowest BCUT2D eigenvalue weighted by Gasteiger charge is -2.31. The van der Waals surface area contributed by atoms with Crippen molar-refractivity contribution in [3.8, 4) is 0 Å². The third-order valence-electron chi connectivity index (χ3n) is 4.61. The fourth-order valence-corrected chi connectivity index (χ4v) is 3.17. The van der Waals surface area contributed by atoms with E-state index in [4.69, 9.17) is 5.84 Å². The Morgan fingerprint density at radius 2 is 1.54 bits per heavy atom. The Balaban J connectivity index is 1.55. The highest BCUT2D eigenvalue weighted by Crippen LogP contribution is 2.21. The number of amidine groups is 1. The smallest absolute Gasteiger partial charge is 0.174 e. The zero-order valence-corrected chi connectivity index (χ0v) is 15.5. The zero-order valence-electron chi connectivity index (χ0n) is 15.5. The van der Waals surface area contributed by atoms with E-state index in [1.54, 1.807) is 0 Å². The minimum atomic E-state index is 0.661. The van der Waals surface area contributed by atoms with E-state index in [0.29, 0.717) is 18.1 Å². The van der Waals surface area contributed by atoms with Crippen LogP contribution in [0.25, 0.3) is 0 Å². The maximum Gasteiger partial charge on any atom is 0.174 e. The van der Waals surface area contributed by atoms with Gasteiger partial charge in [0.05, 0.1) is 5.69 Å². The third kappa shape index (κ3) is 4.17. The Kier molecular flexibility index (Phi) is 5.29. The molecule has 3 aromatic rings. The fourth-order valence-electron chi connectivity index (χ4n) is 3.17. The monoisotopic (exact) mass is 370 g/mol. The molecular formula is C22H22N6. The topological polar surface area (TPSA) is 79.4 Å². The summed E-state index contributed by atoms with van der Waals surface area (Å²) in [4.78, 5) is 0. The summed E-state index contributed by atoms with van der Waals surface area (Å²) in [6, 6.07) is 24.6.